The summed E-state index contributed by atoms with van der Waals surface area (Å²) >= 11 is 0. The summed E-state index contributed by atoms with van der Waals surface area (Å²) < 4.78 is 23.9. The Balaban J connectivity index is 1.27. The van der Waals surface area contributed by atoms with Crippen LogP contribution in [0.3, 0.4) is 0 Å². The fourth-order valence-corrected chi connectivity index (χ4v) is 6.40. The van der Waals surface area contributed by atoms with Gasteiger partial charge < -0.3 is 24.9 Å². The number of imidazole rings is 1. The Hall–Kier alpha value is -3.43. The van der Waals surface area contributed by atoms with Crippen LogP contribution in [0.25, 0.3) is 33.5 Å². The number of nitrogens with two attached hydrogens (primary N) is 1. The van der Waals surface area contributed by atoms with Crippen molar-refractivity contribution in [3.8, 4) is 17.3 Å². The lowest BCUT2D eigenvalue weighted by Crippen LogP contribution is -2.41. The van der Waals surface area contributed by atoms with Gasteiger partial charge in [0.2, 0.25) is 5.91 Å². The molecule has 210 valence electrons. The van der Waals surface area contributed by atoms with Crippen LogP contribution in [0.1, 0.15) is 30.4 Å². The first-order valence-corrected chi connectivity index (χ1v) is 14.5. The number of fused-ring (bicyclic) bond motifs is 3. The first-order valence-electron chi connectivity index (χ1n) is 14.5. The maximum Gasteiger partial charge on any atom is 0.226 e. The monoisotopic (exact) mass is 544 g/mol. The largest absolute Gasteiger partial charge is 0.491 e. The number of carbonyl (C=O) groups is 1. The second kappa shape index (κ2) is 10.2. The van der Waals surface area contributed by atoms with Crippen LogP contribution in [0, 0.1) is 11.8 Å². The number of ether oxygens (including phenoxy) is 1. The van der Waals surface area contributed by atoms with Crippen molar-refractivity contribution in [3.63, 3.8) is 0 Å². The van der Waals surface area contributed by atoms with Gasteiger partial charge in [-0.05, 0) is 67.0 Å². The van der Waals surface area contributed by atoms with E-state index in [0.29, 0.717) is 19.1 Å². The van der Waals surface area contributed by atoms with E-state index in [1.54, 1.807) is 0 Å². The van der Waals surface area contributed by atoms with E-state index < -0.39 is 12.7 Å². The molecule has 3 aliphatic rings. The first-order chi connectivity index (χ1) is 19.5. The number of rotatable bonds is 9. The molecule has 40 heavy (non-hydrogen) atoms. The predicted octanol–water partition coefficient (Wildman–Crippen LogP) is 3.77. The van der Waals surface area contributed by atoms with E-state index in [1.807, 2.05) is 12.1 Å². The van der Waals surface area contributed by atoms with Gasteiger partial charge in [-0.1, -0.05) is 12.1 Å². The van der Waals surface area contributed by atoms with E-state index in [1.165, 1.54) is 24.0 Å². The molecular weight excluding hydrogens is 507 g/mol. The Kier molecular flexibility index (Phi) is 6.51. The van der Waals surface area contributed by atoms with E-state index in [-0.39, 0.29) is 11.8 Å². The summed E-state index contributed by atoms with van der Waals surface area (Å²) in [6.45, 7) is 3.76. The second-order valence-electron chi connectivity index (χ2n) is 11.9. The van der Waals surface area contributed by atoms with Gasteiger partial charge in [-0.15, -0.1) is 0 Å². The average molecular weight is 545 g/mol. The molecule has 1 unspecified atom stereocenters. The number of carbonyl (C=O) groups excluding carboxylic acids is 1. The Morgan fingerprint density at radius 3 is 2.85 bits per heavy atom. The molecule has 2 fully saturated rings. The van der Waals surface area contributed by atoms with E-state index in [0.717, 1.165) is 78.2 Å². The number of halogens is 1. The number of benzene rings is 2. The fourth-order valence-electron chi connectivity index (χ4n) is 6.40. The maximum absolute atomic E-state index is 13.0. The highest BCUT2D eigenvalue weighted by Crippen LogP contribution is 2.39. The lowest BCUT2D eigenvalue weighted by atomic mass is 9.98. The molecule has 0 bridgehead atoms. The van der Waals surface area contributed by atoms with Crippen LogP contribution >= 0.6 is 0 Å². The highest BCUT2D eigenvalue weighted by atomic mass is 19.1. The molecule has 1 saturated carbocycles. The molecule has 1 aliphatic carbocycles. The van der Waals surface area contributed by atoms with Crippen molar-refractivity contribution in [2.24, 2.45) is 24.6 Å². The Bertz CT molecular complexity index is 1590. The molecule has 1 amide bonds. The number of amides is 1. The van der Waals surface area contributed by atoms with Crippen molar-refractivity contribution in [2.75, 3.05) is 32.9 Å². The third kappa shape index (κ3) is 4.65. The summed E-state index contributed by atoms with van der Waals surface area (Å²) in [5.74, 6) is 2.40. The van der Waals surface area contributed by atoms with Crippen molar-refractivity contribution >= 4 is 27.8 Å². The minimum Gasteiger partial charge on any atom is -0.491 e. The number of hydrogen-bond donors (Lipinski definition) is 2. The van der Waals surface area contributed by atoms with Gasteiger partial charge in [0, 0.05) is 51.2 Å². The smallest absolute Gasteiger partial charge is 0.226 e. The van der Waals surface area contributed by atoms with Crippen molar-refractivity contribution in [1.82, 2.24) is 24.3 Å². The Morgan fingerprint density at radius 2 is 2.08 bits per heavy atom. The standard InChI is InChI=1S/C31H37FN6O2/c1-36-26-12-20-8-10-37(17-24(33)14-32)16-23(20)11-25(26)35-30(36)27-13-21-3-2-4-28(29(21)38(27)15-19-5-6-19)40-18-22-7-9-34-31(22)39/h2-4,11-13,19,22,24H,5-10,14-18,33H2,1H3,(H,34,39)/t22?,24-/m1/s1. The van der Waals surface area contributed by atoms with Gasteiger partial charge in [0.25, 0.3) is 0 Å². The van der Waals surface area contributed by atoms with E-state index in [2.05, 4.69) is 50.7 Å². The second-order valence-corrected chi connectivity index (χ2v) is 11.9. The molecule has 4 aromatic rings. The normalized spacial score (nSPS) is 20.3. The number of aryl methyl sites for hydroxylation is 1. The summed E-state index contributed by atoms with van der Waals surface area (Å²) in [5, 5.41) is 4.03. The SMILES string of the molecule is Cn1c(-c2cc3cccc(OCC4CCNC4=O)c3n2CC2CC2)nc2cc3c(cc21)CCN(C[C@H](N)CF)C3. The molecule has 2 aromatic heterocycles. The number of alkyl halides is 1. The quantitative estimate of drug-likeness (QED) is 0.335. The summed E-state index contributed by atoms with van der Waals surface area (Å²) in [7, 11) is 2.10. The molecular formula is C31H37FN6O2. The third-order valence-electron chi connectivity index (χ3n) is 8.84. The van der Waals surface area contributed by atoms with Crippen molar-refractivity contribution in [2.45, 2.75) is 44.8 Å². The molecule has 8 nitrogen and oxygen atoms in total. The van der Waals surface area contributed by atoms with Gasteiger partial charge in [-0.2, -0.15) is 0 Å². The third-order valence-corrected chi connectivity index (χ3v) is 8.84. The molecule has 3 N–H and O–H groups in total. The fraction of sp³-hybridized carbons (Fsp3) is 0.484. The summed E-state index contributed by atoms with van der Waals surface area (Å²) in [6.07, 6.45) is 4.21. The highest BCUT2D eigenvalue weighted by Gasteiger charge is 2.29. The minimum atomic E-state index is -0.497. The zero-order valence-electron chi connectivity index (χ0n) is 23.0. The van der Waals surface area contributed by atoms with Crippen LogP contribution in [0.4, 0.5) is 4.39 Å². The molecule has 2 aliphatic heterocycles. The molecule has 1 saturated heterocycles. The maximum atomic E-state index is 13.0. The molecule has 9 heteroatoms. The zero-order chi connectivity index (χ0) is 27.4. The van der Waals surface area contributed by atoms with Gasteiger partial charge in [0.05, 0.1) is 34.8 Å². The molecule has 2 atom stereocenters. The van der Waals surface area contributed by atoms with Crippen LogP contribution in [0.15, 0.2) is 36.4 Å². The van der Waals surface area contributed by atoms with Crippen LogP contribution in [0.2, 0.25) is 0 Å². The van der Waals surface area contributed by atoms with Gasteiger partial charge >= 0.3 is 0 Å². The van der Waals surface area contributed by atoms with E-state index in [9.17, 15) is 9.18 Å². The van der Waals surface area contributed by atoms with Gasteiger partial charge in [0.1, 0.15) is 12.4 Å². The topological polar surface area (TPSA) is 90.3 Å². The lowest BCUT2D eigenvalue weighted by molar-refractivity contribution is -0.123. The van der Waals surface area contributed by atoms with Gasteiger partial charge in [-0.25, -0.2) is 9.37 Å². The number of aromatic nitrogens is 3. The van der Waals surface area contributed by atoms with Crippen LogP contribution in [-0.4, -0.2) is 63.9 Å². The Labute approximate surface area is 233 Å². The number of para-hydroxylation sites is 1. The first kappa shape index (κ1) is 25.5. The lowest BCUT2D eigenvalue weighted by Gasteiger charge is -2.30. The predicted molar refractivity (Wildman–Crippen MR) is 154 cm³/mol. The zero-order valence-corrected chi connectivity index (χ0v) is 23.0. The molecule has 7 rings (SSSR count). The van der Waals surface area contributed by atoms with Crippen molar-refractivity contribution in [1.29, 1.82) is 0 Å². The van der Waals surface area contributed by atoms with Crippen LogP contribution in [-0.2, 0) is 31.4 Å². The highest BCUT2D eigenvalue weighted by molar-refractivity contribution is 5.92. The average Bonchev–Trinajstić information content (AvgIpc) is 3.45. The van der Waals surface area contributed by atoms with E-state index in [4.69, 9.17) is 15.5 Å². The summed E-state index contributed by atoms with van der Waals surface area (Å²) in [4.78, 5) is 19.5. The van der Waals surface area contributed by atoms with E-state index >= 15 is 0 Å². The minimum absolute atomic E-state index is 0.0806. The number of hydrogen-bond acceptors (Lipinski definition) is 5. The number of nitrogens with zero attached hydrogens (tertiary/aromatic N) is 4. The molecule has 0 spiro atoms. The van der Waals surface area contributed by atoms with Gasteiger partial charge in [0.15, 0.2) is 5.82 Å². The number of nitrogens with one attached hydrogen (secondary N) is 1. The Morgan fingerprint density at radius 1 is 1.20 bits per heavy atom. The van der Waals surface area contributed by atoms with Crippen molar-refractivity contribution < 1.29 is 13.9 Å². The van der Waals surface area contributed by atoms with Crippen LogP contribution < -0.4 is 15.8 Å². The molecule has 2 aromatic carbocycles. The summed E-state index contributed by atoms with van der Waals surface area (Å²) in [5.41, 5.74) is 12.7. The van der Waals surface area contributed by atoms with Crippen molar-refractivity contribution in [3.05, 3.63) is 47.5 Å². The summed E-state index contributed by atoms with van der Waals surface area (Å²) in [6, 6.07) is 12.5. The molecule has 0 radical (unpaired) electrons. The molecule has 4 heterocycles. The van der Waals surface area contributed by atoms with Crippen LogP contribution in [0.5, 0.6) is 5.75 Å². The van der Waals surface area contributed by atoms with Gasteiger partial charge in [-0.3, -0.25) is 9.69 Å².